The minimum atomic E-state index is -4.92. The molecule has 0 spiro atoms. The predicted molar refractivity (Wildman–Crippen MR) is 73.6 cm³/mol. The van der Waals surface area contributed by atoms with E-state index in [-0.39, 0.29) is 23.7 Å². The summed E-state index contributed by atoms with van der Waals surface area (Å²) in [6.07, 6.45) is -4.74. The van der Waals surface area contributed by atoms with Gasteiger partial charge in [0.2, 0.25) is 10.0 Å². The highest BCUT2D eigenvalue weighted by atomic mass is 79.9. The molecule has 0 bridgehead atoms. The van der Waals surface area contributed by atoms with Crippen molar-refractivity contribution in [3.63, 3.8) is 0 Å². The molecular formula is C10H10BrClF3NO3S. The van der Waals surface area contributed by atoms with Crippen molar-refractivity contribution in [1.82, 2.24) is 0 Å². The summed E-state index contributed by atoms with van der Waals surface area (Å²) in [7, 11) is -3.78. The molecule has 0 aromatic heterocycles. The SMILES string of the molecule is O=S(=O)(CCCCl)Nc1ccc(Br)cc1OC(F)(F)F. The van der Waals surface area contributed by atoms with Crippen LogP contribution in [0.2, 0.25) is 0 Å². The average Bonchev–Trinajstić information content (AvgIpc) is 2.28. The Morgan fingerprint density at radius 3 is 2.55 bits per heavy atom. The van der Waals surface area contributed by atoms with Gasteiger partial charge in [0.25, 0.3) is 0 Å². The van der Waals surface area contributed by atoms with E-state index < -0.39 is 22.1 Å². The minimum Gasteiger partial charge on any atom is -0.403 e. The molecule has 0 saturated carbocycles. The summed E-state index contributed by atoms with van der Waals surface area (Å²) < 4.78 is 66.2. The second-order valence-corrected chi connectivity index (χ2v) is 6.79. The Morgan fingerprint density at radius 2 is 2.00 bits per heavy atom. The third-order valence-electron chi connectivity index (χ3n) is 1.98. The standard InChI is InChI=1S/C10H10BrClF3NO3S/c11-7-2-3-8(9(6-7)19-10(13,14)15)16-20(17,18)5-1-4-12/h2-3,6,16H,1,4-5H2. The number of nitrogens with one attached hydrogen (secondary N) is 1. The first kappa shape index (κ1) is 17.4. The molecule has 114 valence electrons. The summed E-state index contributed by atoms with van der Waals surface area (Å²) in [5.41, 5.74) is -0.292. The Hall–Kier alpha value is -0.670. The summed E-state index contributed by atoms with van der Waals surface area (Å²) in [5.74, 6) is -0.799. The quantitative estimate of drug-likeness (QED) is 0.746. The Kier molecular flexibility index (Phi) is 5.96. The maximum absolute atomic E-state index is 12.3. The first-order valence-corrected chi connectivity index (χ1v) is 8.23. The summed E-state index contributed by atoms with van der Waals surface area (Å²) >= 11 is 8.36. The molecule has 20 heavy (non-hydrogen) atoms. The van der Waals surface area contributed by atoms with E-state index in [4.69, 9.17) is 11.6 Å². The monoisotopic (exact) mass is 395 g/mol. The molecule has 0 atom stereocenters. The van der Waals surface area contributed by atoms with Crippen LogP contribution in [0.15, 0.2) is 22.7 Å². The van der Waals surface area contributed by atoms with Gasteiger partial charge in [0.15, 0.2) is 5.75 Å². The van der Waals surface area contributed by atoms with Crippen LogP contribution >= 0.6 is 27.5 Å². The van der Waals surface area contributed by atoms with E-state index in [9.17, 15) is 21.6 Å². The van der Waals surface area contributed by atoms with Gasteiger partial charge in [-0.1, -0.05) is 15.9 Å². The van der Waals surface area contributed by atoms with Crippen LogP contribution in [-0.4, -0.2) is 26.4 Å². The number of rotatable bonds is 6. The largest absolute Gasteiger partial charge is 0.573 e. The minimum absolute atomic E-state index is 0.132. The second kappa shape index (κ2) is 6.86. The van der Waals surface area contributed by atoms with Gasteiger partial charge in [-0.05, 0) is 24.6 Å². The molecule has 0 aliphatic heterocycles. The highest BCUT2D eigenvalue weighted by Crippen LogP contribution is 2.33. The van der Waals surface area contributed by atoms with Crippen LogP contribution in [0.4, 0.5) is 18.9 Å². The lowest BCUT2D eigenvalue weighted by Crippen LogP contribution is -2.21. The van der Waals surface area contributed by atoms with Crippen LogP contribution in [0.5, 0.6) is 5.75 Å². The number of halogens is 5. The lowest BCUT2D eigenvalue weighted by molar-refractivity contribution is -0.274. The molecule has 0 heterocycles. The third kappa shape index (κ3) is 6.19. The molecule has 1 aromatic carbocycles. The normalized spacial score (nSPS) is 12.2. The van der Waals surface area contributed by atoms with Gasteiger partial charge in [-0.15, -0.1) is 24.8 Å². The van der Waals surface area contributed by atoms with Crippen LogP contribution in [-0.2, 0) is 10.0 Å². The first-order chi connectivity index (χ1) is 9.13. The van der Waals surface area contributed by atoms with Crippen molar-refractivity contribution < 1.29 is 26.3 Å². The summed E-state index contributed by atoms with van der Waals surface area (Å²) in [4.78, 5) is 0. The number of anilines is 1. The summed E-state index contributed by atoms with van der Waals surface area (Å²) in [6, 6.07) is 3.58. The van der Waals surface area contributed by atoms with Gasteiger partial charge in [0.05, 0.1) is 11.4 Å². The molecule has 1 aromatic rings. The van der Waals surface area contributed by atoms with Gasteiger partial charge in [-0.25, -0.2) is 8.42 Å². The van der Waals surface area contributed by atoms with Crippen LogP contribution in [0.1, 0.15) is 6.42 Å². The van der Waals surface area contributed by atoms with Crippen LogP contribution in [0.25, 0.3) is 0 Å². The van der Waals surface area contributed by atoms with E-state index in [1.807, 2.05) is 4.72 Å². The van der Waals surface area contributed by atoms with E-state index in [1.54, 1.807) is 0 Å². The van der Waals surface area contributed by atoms with E-state index in [1.165, 1.54) is 12.1 Å². The Bertz CT molecular complexity index is 565. The summed E-state index contributed by atoms with van der Waals surface area (Å²) in [6.45, 7) is 0. The van der Waals surface area contributed by atoms with Gasteiger partial charge in [0, 0.05) is 10.4 Å². The number of hydrogen-bond acceptors (Lipinski definition) is 3. The number of sulfonamides is 1. The molecule has 4 nitrogen and oxygen atoms in total. The van der Waals surface area contributed by atoms with Crippen LogP contribution in [0, 0.1) is 0 Å². The topological polar surface area (TPSA) is 55.4 Å². The molecule has 1 rings (SSSR count). The molecule has 10 heteroatoms. The molecule has 0 amide bonds. The second-order valence-electron chi connectivity index (χ2n) is 3.65. The molecular weight excluding hydrogens is 387 g/mol. The van der Waals surface area contributed by atoms with Crippen molar-refractivity contribution in [2.75, 3.05) is 16.4 Å². The fraction of sp³-hybridized carbons (Fsp3) is 0.400. The van der Waals surface area contributed by atoms with Crippen molar-refractivity contribution in [3.8, 4) is 5.75 Å². The number of ether oxygens (including phenoxy) is 1. The van der Waals surface area contributed by atoms with Crippen molar-refractivity contribution in [2.45, 2.75) is 12.8 Å². The number of hydrogen-bond donors (Lipinski definition) is 1. The lowest BCUT2D eigenvalue weighted by Gasteiger charge is -2.15. The Labute approximate surface area is 127 Å². The number of benzene rings is 1. The van der Waals surface area contributed by atoms with Crippen LogP contribution < -0.4 is 9.46 Å². The molecule has 1 N–H and O–H groups in total. The maximum Gasteiger partial charge on any atom is 0.573 e. The zero-order chi connectivity index (χ0) is 15.4. The fourth-order valence-electron chi connectivity index (χ4n) is 1.25. The van der Waals surface area contributed by atoms with Gasteiger partial charge >= 0.3 is 6.36 Å². The first-order valence-electron chi connectivity index (χ1n) is 5.25. The van der Waals surface area contributed by atoms with Crippen molar-refractivity contribution in [1.29, 1.82) is 0 Å². The Morgan fingerprint density at radius 1 is 1.35 bits per heavy atom. The smallest absolute Gasteiger partial charge is 0.403 e. The van der Waals surface area contributed by atoms with Crippen molar-refractivity contribution >= 4 is 43.2 Å². The van der Waals surface area contributed by atoms with E-state index in [2.05, 4.69) is 20.7 Å². The van der Waals surface area contributed by atoms with Crippen molar-refractivity contribution in [3.05, 3.63) is 22.7 Å². The maximum atomic E-state index is 12.3. The zero-order valence-corrected chi connectivity index (χ0v) is 13.0. The average molecular weight is 397 g/mol. The molecule has 0 saturated heterocycles. The van der Waals surface area contributed by atoms with Gasteiger partial charge in [-0.2, -0.15) is 0 Å². The number of alkyl halides is 4. The fourth-order valence-corrected chi connectivity index (χ4v) is 3.02. The Balaban J connectivity index is 3.00. The van der Waals surface area contributed by atoms with Crippen molar-refractivity contribution in [2.24, 2.45) is 0 Å². The van der Waals surface area contributed by atoms with E-state index in [0.29, 0.717) is 4.47 Å². The van der Waals surface area contributed by atoms with E-state index >= 15 is 0 Å². The molecule has 0 aliphatic carbocycles. The zero-order valence-electron chi connectivity index (χ0n) is 9.88. The van der Waals surface area contributed by atoms with E-state index in [0.717, 1.165) is 6.07 Å². The highest BCUT2D eigenvalue weighted by molar-refractivity contribution is 9.10. The molecule has 0 fully saturated rings. The molecule has 0 unspecified atom stereocenters. The van der Waals surface area contributed by atoms with Gasteiger partial charge in [0.1, 0.15) is 0 Å². The highest BCUT2D eigenvalue weighted by Gasteiger charge is 2.32. The van der Waals surface area contributed by atoms with Crippen LogP contribution in [0.3, 0.4) is 0 Å². The molecule has 0 aliphatic rings. The molecule has 0 radical (unpaired) electrons. The lowest BCUT2D eigenvalue weighted by atomic mass is 10.3. The third-order valence-corrected chi connectivity index (χ3v) is 4.10. The predicted octanol–water partition coefficient (Wildman–Crippen LogP) is 3.72. The van der Waals surface area contributed by atoms with Gasteiger partial charge in [-0.3, -0.25) is 4.72 Å². The summed E-state index contributed by atoms with van der Waals surface area (Å²) in [5, 5.41) is 0. The van der Waals surface area contributed by atoms with Gasteiger partial charge < -0.3 is 4.74 Å².